The third-order valence-electron chi connectivity index (χ3n) is 6.85. The zero-order valence-electron chi connectivity index (χ0n) is 21.7. The minimum absolute atomic E-state index is 0.155. The molecule has 1 aromatic rings. The normalized spacial score (nSPS) is 21.4. The lowest BCUT2D eigenvalue weighted by Crippen LogP contribution is -2.52. The quantitative estimate of drug-likeness (QED) is 0.470. The van der Waals surface area contributed by atoms with Gasteiger partial charge in [-0.25, -0.2) is 13.6 Å². The number of halogens is 2. The molecule has 7 nitrogen and oxygen atoms in total. The highest BCUT2D eigenvalue weighted by Gasteiger charge is 2.48. The molecule has 2 aliphatic rings. The fourth-order valence-electron chi connectivity index (χ4n) is 5.07. The lowest BCUT2D eigenvalue weighted by atomic mass is 9.75. The first-order chi connectivity index (χ1) is 16.9. The van der Waals surface area contributed by atoms with Crippen molar-refractivity contribution >= 4 is 23.7 Å². The van der Waals surface area contributed by atoms with Crippen molar-refractivity contribution in [2.45, 2.75) is 90.2 Å². The summed E-state index contributed by atoms with van der Waals surface area (Å²) in [7, 11) is 0. The van der Waals surface area contributed by atoms with E-state index in [0.717, 1.165) is 0 Å². The first kappa shape index (κ1) is 27.9. The van der Waals surface area contributed by atoms with Gasteiger partial charge in [0.2, 0.25) is 11.8 Å². The number of nitrogens with zero attached hydrogens (tertiary/aromatic N) is 2. The zero-order chi connectivity index (χ0) is 26.6. The predicted molar refractivity (Wildman–Crippen MR) is 132 cm³/mol. The molecule has 1 aliphatic heterocycles. The summed E-state index contributed by atoms with van der Waals surface area (Å²) in [6.45, 7) is 7.66. The second-order valence-electron chi connectivity index (χ2n) is 10.9. The van der Waals surface area contributed by atoms with Crippen LogP contribution in [-0.4, -0.2) is 60.1 Å². The number of amides is 2. The van der Waals surface area contributed by atoms with Crippen molar-refractivity contribution in [3.63, 3.8) is 0 Å². The third-order valence-corrected chi connectivity index (χ3v) is 6.85. The number of benzene rings is 1. The maximum Gasteiger partial charge on any atom is 0.410 e. The van der Waals surface area contributed by atoms with E-state index in [2.05, 4.69) is 0 Å². The monoisotopic (exact) mass is 508 g/mol. The summed E-state index contributed by atoms with van der Waals surface area (Å²) < 4.78 is 39.5. The number of piperidine rings is 1. The molecule has 36 heavy (non-hydrogen) atoms. The van der Waals surface area contributed by atoms with Gasteiger partial charge in [0.25, 0.3) is 0 Å². The number of rotatable bonds is 6. The number of esters is 1. The van der Waals surface area contributed by atoms with E-state index in [1.807, 2.05) is 0 Å². The molecule has 1 saturated heterocycles. The fraction of sp³-hybridized carbons (Fsp3) is 0.667. The molecular formula is C27H38F2N2O5. The SMILES string of the molecule is CCOC(=O)C1(CC(=O)N(c2ccccc2)C2CCCC(F)(F)C2)CCN(C(=O)OC(C)(C)C)CC1. The van der Waals surface area contributed by atoms with E-state index in [4.69, 9.17) is 9.47 Å². The highest BCUT2D eigenvalue weighted by molar-refractivity contribution is 5.97. The van der Waals surface area contributed by atoms with E-state index < -0.39 is 41.5 Å². The molecule has 0 radical (unpaired) electrons. The van der Waals surface area contributed by atoms with Crippen molar-refractivity contribution in [1.29, 1.82) is 0 Å². The average molecular weight is 509 g/mol. The minimum Gasteiger partial charge on any atom is -0.466 e. The summed E-state index contributed by atoms with van der Waals surface area (Å²) in [4.78, 5) is 42.5. The Labute approximate surface area is 212 Å². The Hall–Kier alpha value is -2.71. The second kappa shape index (κ2) is 11.1. The first-order valence-corrected chi connectivity index (χ1v) is 12.8. The topological polar surface area (TPSA) is 76.2 Å². The Morgan fingerprint density at radius 2 is 1.72 bits per heavy atom. The van der Waals surface area contributed by atoms with Crippen LogP contribution in [0.15, 0.2) is 30.3 Å². The molecule has 3 rings (SSSR count). The number of carbonyl (C=O) groups excluding carboxylic acids is 3. The van der Waals surface area contributed by atoms with Gasteiger partial charge in [0, 0.05) is 44.1 Å². The highest BCUT2D eigenvalue weighted by atomic mass is 19.3. The molecule has 1 saturated carbocycles. The fourth-order valence-corrected chi connectivity index (χ4v) is 5.07. The summed E-state index contributed by atoms with van der Waals surface area (Å²) in [5, 5.41) is 0. The molecule has 1 atom stereocenters. The Kier molecular flexibility index (Phi) is 8.62. The zero-order valence-corrected chi connectivity index (χ0v) is 21.7. The van der Waals surface area contributed by atoms with Crippen LogP contribution in [0.4, 0.5) is 19.3 Å². The minimum atomic E-state index is -2.84. The van der Waals surface area contributed by atoms with E-state index in [0.29, 0.717) is 18.5 Å². The molecule has 0 aromatic heterocycles. The summed E-state index contributed by atoms with van der Waals surface area (Å²) >= 11 is 0. The van der Waals surface area contributed by atoms with Gasteiger partial charge >= 0.3 is 12.1 Å². The number of hydrogen-bond acceptors (Lipinski definition) is 5. The molecule has 0 N–H and O–H groups in total. The predicted octanol–water partition coefficient (Wildman–Crippen LogP) is 5.57. The Morgan fingerprint density at radius 1 is 1.08 bits per heavy atom. The summed E-state index contributed by atoms with van der Waals surface area (Å²) in [5.74, 6) is -3.72. The van der Waals surface area contributed by atoms with Gasteiger partial charge in [0.05, 0.1) is 12.0 Å². The number of likely N-dealkylation sites (tertiary alicyclic amines) is 1. The third kappa shape index (κ3) is 6.95. The van der Waals surface area contributed by atoms with Gasteiger partial charge in [0.15, 0.2) is 0 Å². The van der Waals surface area contributed by atoms with Crippen LogP contribution < -0.4 is 4.90 Å². The van der Waals surface area contributed by atoms with Crippen LogP contribution in [0.2, 0.25) is 0 Å². The van der Waals surface area contributed by atoms with E-state index in [9.17, 15) is 23.2 Å². The van der Waals surface area contributed by atoms with Crippen LogP contribution in [0.3, 0.4) is 0 Å². The van der Waals surface area contributed by atoms with Crippen molar-refractivity contribution in [3.8, 4) is 0 Å². The molecule has 2 fully saturated rings. The van der Waals surface area contributed by atoms with Crippen LogP contribution in [0, 0.1) is 5.41 Å². The van der Waals surface area contributed by atoms with Gasteiger partial charge in [0.1, 0.15) is 5.60 Å². The van der Waals surface area contributed by atoms with Gasteiger partial charge in [-0.2, -0.15) is 0 Å². The van der Waals surface area contributed by atoms with E-state index in [1.54, 1.807) is 58.0 Å². The Bertz CT molecular complexity index is 924. The second-order valence-corrected chi connectivity index (χ2v) is 10.9. The average Bonchev–Trinajstić information content (AvgIpc) is 2.79. The van der Waals surface area contributed by atoms with Crippen molar-refractivity contribution in [2.75, 3.05) is 24.6 Å². The first-order valence-electron chi connectivity index (χ1n) is 12.8. The number of alkyl halides is 2. The molecule has 0 bridgehead atoms. The molecular weight excluding hydrogens is 470 g/mol. The summed E-state index contributed by atoms with van der Waals surface area (Å²) in [6, 6.07) is 8.12. The highest BCUT2D eigenvalue weighted by Crippen LogP contribution is 2.41. The van der Waals surface area contributed by atoms with E-state index in [1.165, 1.54) is 9.80 Å². The smallest absolute Gasteiger partial charge is 0.410 e. The summed E-state index contributed by atoms with van der Waals surface area (Å²) in [6.07, 6.45) is -0.00965. The molecule has 0 spiro atoms. The van der Waals surface area contributed by atoms with Crippen molar-refractivity contribution in [3.05, 3.63) is 30.3 Å². The maximum atomic E-state index is 14.3. The van der Waals surface area contributed by atoms with Crippen molar-refractivity contribution in [2.24, 2.45) is 5.41 Å². The number of para-hydroxylation sites is 1. The van der Waals surface area contributed by atoms with Gasteiger partial charge in [-0.3, -0.25) is 9.59 Å². The van der Waals surface area contributed by atoms with Crippen molar-refractivity contribution in [1.82, 2.24) is 4.90 Å². The number of carbonyl (C=O) groups is 3. The van der Waals surface area contributed by atoms with Crippen LogP contribution in [0.1, 0.15) is 72.6 Å². The van der Waals surface area contributed by atoms with Crippen LogP contribution >= 0.6 is 0 Å². The number of anilines is 1. The van der Waals surface area contributed by atoms with Gasteiger partial charge in [-0.05, 0) is 65.5 Å². The molecule has 200 valence electrons. The maximum absolute atomic E-state index is 14.3. The number of hydrogen-bond donors (Lipinski definition) is 0. The molecule has 9 heteroatoms. The standard InChI is InChI=1S/C27H38F2N2O5/c1-5-35-23(33)26(14-16-30(17-15-26)24(34)36-25(2,3)4)19-22(32)31(20-10-7-6-8-11-20)21-12-9-13-27(28,29)18-21/h6-8,10-11,21H,5,9,12-19H2,1-4H3. The van der Waals surface area contributed by atoms with Gasteiger partial charge in [-0.15, -0.1) is 0 Å². The van der Waals surface area contributed by atoms with E-state index in [-0.39, 0.29) is 51.3 Å². The molecule has 1 aliphatic carbocycles. The molecule has 2 amide bonds. The van der Waals surface area contributed by atoms with Crippen molar-refractivity contribution < 1.29 is 32.6 Å². The van der Waals surface area contributed by atoms with Gasteiger partial charge in [-0.1, -0.05) is 18.2 Å². The van der Waals surface area contributed by atoms with Crippen LogP contribution in [0.25, 0.3) is 0 Å². The largest absolute Gasteiger partial charge is 0.466 e. The summed E-state index contributed by atoms with van der Waals surface area (Å²) in [5.41, 5.74) is -1.26. The lowest BCUT2D eigenvalue weighted by Gasteiger charge is -2.42. The molecule has 1 heterocycles. The van der Waals surface area contributed by atoms with Gasteiger partial charge < -0.3 is 19.3 Å². The molecule has 1 aromatic carbocycles. The van der Waals surface area contributed by atoms with E-state index >= 15 is 0 Å². The molecule has 1 unspecified atom stereocenters. The van der Waals surface area contributed by atoms with Crippen LogP contribution in [-0.2, 0) is 19.1 Å². The Balaban J connectivity index is 1.84. The lowest BCUT2D eigenvalue weighted by molar-refractivity contribution is -0.161. The Morgan fingerprint density at radius 3 is 2.28 bits per heavy atom. The van der Waals surface area contributed by atoms with Crippen LogP contribution in [0.5, 0.6) is 0 Å². The number of ether oxygens (including phenoxy) is 2.